The van der Waals surface area contributed by atoms with Gasteiger partial charge in [-0.2, -0.15) is 4.98 Å². The first kappa shape index (κ1) is 17.5. The van der Waals surface area contributed by atoms with E-state index in [1.54, 1.807) is 18.2 Å². The van der Waals surface area contributed by atoms with Gasteiger partial charge in [0.05, 0.1) is 19.8 Å². The van der Waals surface area contributed by atoms with Crippen LogP contribution >= 0.6 is 0 Å². The minimum atomic E-state index is -0.449. The van der Waals surface area contributed by atoms with Gasteiger partial charge in [0.25, 0.3) is 5.89 Å². The second-order valence-corrected chi connectivity index (χ2v) is 5.47. The van der Waals surface area contributed by atoms with E-state index in [9.17, 15) is 4.79 Å². The topological polar surface area (TPSA) is 83.7 Å². The lowest BCUT2D eigenvalue weighted by molar-refractivity contribution is 0.0600. The van der Waals surface area contributed by atoms with Crippen molar-refractivity contribution in [1.82, 2.24) is 10.1 Å². The van der Waals surface area contributed by atoms with Gasteiger partial charge in [0.2, 0.25) is 5.82 Å². The number of esters is 1. The van der Waals surface area contributed by atoms with Crippen molar-refractivity contribution in [2.24, 2.45) is 0 Å². The van der Waals surface area contributed by atoms with E-state index < -0.39 is 5.97 Å². The summed E-state index contributed by atoms with van der Waals surface area (Å²) in [4.78, 5) is 15.9. The van der Waals surface area contributed by atoms with Gasteiger partial charge in [-0.25, -0.2) is 4.79 Å². The normalized spacial score (nSPS) is 10.4. The van der Waals surface area contributed by atoms with Gasteiger partial charge in [-0.3, -0.25) is 0 Å². The van der Waals surface area contributed by atoms with E-state index in [4.69, 9.17) is 18.7 Å². The molecule has 0 atom stereocenters. The maximum absolute atomic E-state index is 11.6. The number of ether oxygens (including phenoxy) is 3. The third-order valence-electron chi connectivity index (χ3n) is 3.79. The van der Waals surface area contributed by atoms with Crippen molar-refractivity contribution in [3.05, 3.63) is 59.5 Å². The first-order valence-electron chi connectivity index (χ1n) is 7.90. The average molecular weight is 354 g/mol. The van der Waals surface area contributed by atoms with Crippen LogP contribution in [0.2, 0.25) is 0 Å². The molecule has 2 aromatic carbocycles. The van der Waals surface area contributed by atoms with Crippen LogP contribution in [-0.4, -0.2) is 30.3 Å². The van der Waals surface area contributed by atoms with Crippen molar-refractivity contribution in [2.45, 2.75) is 13.5 Å². The number of carbonyl (C=O) groups excluding carboxylic acids is 1. The van der Waals surface area contributed by atoms with Gasteiger partial charge < -0.3 is 18.7 Å². The molecule has 3 aromatic rings. The molecule has 0 bridgehead atoms. The second kappa shape index (κ2) is 7.69. The Hall–Kier alpha value is -3.35. The molecule has 0 N–H and O–H groups in total. The number of hydrogen-bond donors (Lipinski definition) is 0. The molecule has 0 radical (unpaired) electrons. The SMILES string of the molecule is COC(=O)c1ccc(OCc2nc(-c3ccccc3C)no2)c(OC)c1. The molecule has 0 saturated heterocycles. The summed E-state index contributed by atoms with van der Waals surface area (Å²) < 4.78 is 20.9. The molecule has 0 aliphatic rings. The molecule has 0 aliphatic carbocycles. The molecule has 7 nitrogen and oxygen atoms in total. The zero-order valence-corrected chi connectivity index (χ0v) is 14.7. The number of nitrogens with zero attached hydrogens (tertiary/aromatic N) is 2. The molecule has 134 valence electrons. The van der Waals surface area contributed by atoms with Gasteiger partial charge in [0.15, 0.2) is 18.1 Å². The maximum atomic E-state index is 11.6. The summed E-state index contributed by atoms with van der Waals surface area (Å²) in [5, 5.41) is 3.99. The lowest BCUT2D eigenvalue weighted by Gasteiger charge is -2.10. The first-order chi connectivity index (χ1) is 12.6. The number of hydrogen-bond acceptors (Lipinski definition) is 7. The second-order valence-electron chi connectivity index (χ2n) is 5.47. The quantitative estimate of drug-likeness (QED) is 0.627. The lowest BCUT2D eigenvalue weighted by atomic mass is 10.1. The average Bonchev–Trinajstić information content (AvgIpc) is 3.14. The van der Waals surface area contributed by atoms with Crippen LogP contribution in [-0.2, 0) is 11.3 Å². The Morgan fingerprint density at radius 2 is 1.92 bits per heavy atom. The fourth-order valence-corrected chi connectivity index (χ4v) is 2.42. The van der Waals surface area contributed by atoms with Crippen molar-refractivity contribution in [1.29, 1.82) is 0 Å². The van der Waals surface area contributed by atoms with Crippen molar-refractivity contribution in [3.63, 3.8) is 0 Å². The number of benzene rings is 2. The van der Waals surface area contributed by atoms with Crippen molar-refractivity contribution in [2.75, 3.05) is 14.2 Å². The molecule has 0 aliphatic heterocycles. The smallest absolute Gasteiger partial charge is 0.337 e. The number of aromatic nitrogens is 2. The number of rotatable bonds is 6. The molecule has 0 spiro atoms. The molecule has 0 saturated carbocycles. The summed E-state index contributed by atoms with van der Waals surface area (Å²) >= 11 is 0. The van der Waals surface area contributed by atoms with E-state index in [1.807, 2.05) is 31.2 Å². The Morgan fingerprint density at radius 1 is 1.12 bits per heavy atom. The lowest BCUT2D eigenvalue weighted by Crippen LogP contribution is -2.03. The van der Waals surface area contributed by atoms with E-state index in [2.05, 4.69) is 10.1 Å². The molecule has 26 heavy (non-hydrogen) atoms. The molecule has 0 fully saturated rings. The summed E-state index contributed by atoms with van der Waals surface area (Å²) in [7, 11) is 2.81. The molecule has 1 aromatic heterocycles. The van der Waals surface area contributed by atoms with Crippen LogP contribution in [0.15, 0.2) is 47.0 Å². The van der Waals surface area contributed by atoms with Crippen molar-refractivity contribution < 1.29 is 23.5 Å². The van der Waals surface area contributed by atoms with Gasteiger partial charge >= 0.3 is 5.97 Å². The maximum Gasteiger partial charge on any atom is 0.337 e. The molecular weight excluding hydrogens is 336 g/mol. The highest BCUT2D eigenvalue weighted by Crippen LogP contribution is 2.29. The molecule has 7 heteroatoms. The molecule has 0 amide bonds. The van der Waals surface area contributed by atoms with Crippen LogP contribution < -0.4 is 9.47 Å². The third kappa shape index (κ3) is 3.66. The Kier molecular flexibility index (Phi) is 5.17. The van der Waals surface area contributed by atoms with Crippen LogP contribution in [0.1, 0.15) is 21.8 Å². The summed E-state index contributed by atoms with van der Waals surface area (Å²) in [6.45, 7) is 2.06. The predicted octanol–water partition coefficient (Wildman–Crippen LogP) is 3.42. The zero-order chi connectivity index (χ0) is 18.5. The van der Waals surface area contributed by atoms with E-state index in [-0.39, 0.29) is 6.61 Å². The largest absolute Gasteiger partial charge is 0.493 e. The molecule has 3 rings (SSSR count). The van der Waals surface area contributed by atoms with Gasteiger partial charge in [0, 0.05) is 5.56 Å². The third-order valence-corrected chi connectivity index (χ3v) is 3.79. The highest BCUT2D eigenvalue weighted by Gasteiger charge is 2.14. The van der Waals surface area contributed by atoms with Gasteiger partial charge in [0.1, 0.15) is 0 Å². The van der Waals surface area contributed by atoms with Crippen LogP contribution in [0, 0.1) is 6.92 Å². The highest BCUT2D eigenvalue weighted by molar-refractivity contribution is 5.90. The number of methoxy groups -OCH3 is 2. The van der Waals surface area contributed by atoms with Gasteiger partial charge in [-0.05, 0) is 30.7 Å². The van der Waals surface area contributed by atoms with E-state index in [1.165, 1.54) is 14.2 Å². The summed E-state index contributed by atoms with van der Waals surface area (Å²) in [6.07, 6.45) is 0. The fraction of sp³-hybridized carbons (Fsp3) is 0.211. The fourth-order valence-electron chi connectivity index (χ4n) is 2.42. The minimum absolute atomic E-state index is 0.0762. The first-order valence-corrected chi connectivity index (χ1v) is 7.90. The zero-order valence-electron chi connectivity index (χ0n) is 14.7. The van der Waals surface area contributed by atoms with Crippen molar-refractivity contribution >= 4 is 5.97 Å². The van der Waals surface area contributed by atoms with E-state index in [0.29, 0.717) is 28.8 Å². The standard InChI is InChI=1S/C19H18N2O5/c1-12-6-4-5-7-14(12)18-20-17(26-21-18)11-25-15-9-8-13(19(22)24-3)10-16(15)23-2/h4-10H,11H2,1-3H3. The van der Waals surface area contributed by atoms with E-state index >= 15 is 0 Å². The summed E-state index contributed by atoms with van der Waals surface area (Å²) in [5.41, 5.74) is 2.33. The molecular formula is C19H18N2O5. The van der Waals surface area contributed by atoms with Crippen molar-refractivity contribution in [3.8, 4) is 22.9 Å². The number of aryl methyl sites for hydroxylation is 1. The van der Waals surface area contributed by atoms with Crippen LogP contribution in [0.4, 0.5) is 0 Å². The highest BCUT2D eigenvalue weighted by atomic mass is 16.5. The summed E-state index contributed by atoms with van der Waals surface area (Å²) in [5.74, 6) is 1.26. The minimum Gasteiger partial charge on any atom is -0.493 e. The summed E-state index contributed by atoms with van der Waals surface area (Å²) in [6, 6.07) is 12.6. The van der Waals surface area contributed by atoms with Crippen LogP contribution in [0.3, 0.4) is 0 Å². The Bertz CT molecular complexity index is 920. The van der Waals surface area contributed by atoms with Crippen LogP contribution in [0.25, 0.3) is 11.4 Å². The predicted molar refractivity (Wildman–Crippen MR) is 93.1 cm³/mol. The van der Waals surface area contributed by atoms with Gasteiger partial charge in [-0.15, -0.1) is 0 Å². The molecule has 1 heterocycles. The molecule has 0 unspecified atom stereocenters. The Labute approximate surface area is 150 Å². The van der Waals surface area contributed by atoms with E-state index in [0.717, 1.165) is 11.1 Å². The monoisotopic (exact) mass is 354 g/mol. The van der Waals surface area contributed by atoms with Crippen LogP contribution in [0.5, 0.6) is 11.5 Å². The van der Waals surface area contributed by atoms with Gasteiger partial charge in [-0.1, -0.05) is 29.4 Å². The Morgan fingerprint density at radius 3 is 2.65 bits per heavy atom. The Balaban J connectivity index is 1.74. The number of carbonyl (C=O) groups is 1.